The Morgan fingerprint density at radius 2 is 1.92 bits per heavy atom. The Hall–Kier alpha value is -2.81. The molecule has 136 valence electrons. The fourth-order valence-electron chi connectivity index (χ4n) is 2.85. The number of hydrogen-bond acceptors (Lipinski definition) is 6. The Labute approximate surface area is 145 Å². The molecule has 1 heterocycles. The minimum atomic E-state index is -1.16. The molecule has 5 N–H and O–H groups in total. The van der Waals surface area contributed by atoms with Gasteiger partial charge in [-0.15, -0.1) is 0 Å². The van der Waals surface area contributed by atoms with Crippen LogP contribution >= 0.6 is 0 Å². The number of phenols is 2. The topological polar surface area (TPSA) is 136 Å². The number of carbonyl (C=O) groups excluding carboxylic acids is 3. The number of anilines is 1. The maximum atomic E-state index is 12.9. The van der Waals surface area contributed by atoms with Gasteiger partial charge >= 0.3 is 0 Å². The average Bonchev–Trinajstić information content (AvgIpc) is 2.55. The summed E-state index contributed by atoms with van der Waals surface area (Å²) in [5.41, 5.74) is 5.30. The summed E-state index contributed by atoms with van der Waals surface area (Å²) in [4.78, 5) is 39.2. The van der Waals surface area contributed by atoms with Crippen molar-refractivity contribution < 1.29 is 24.6 Å². The van der Waals surface area contributed by atoms with E-state index in [-0.39, 0.29) is 23.6 Å². The molecule has 1 aliphatic rings. The molecule has 3 amide bonds. The number of hydrogen-bond donors (Lipinski definition) is 4. The first-order chi connectivity index (χ1) is 11.8. The van der Waals surface area contributed by atoms with Crippen LogP contribution in [-0.4, -0.2) is 65.1 Å². The highest BCUT2D eigenvalue weighted by Gasteiger charge is 2.35. The Morgan fingerprint density at radius 1 is 1.28 bits per heavy atom. The number of primary amides is 1. The number of amides is 3. The van der Waals surface area contributed by atoms with Crippen molar-refractivity contribution in [3.63, 3.8) is 0 Å². The molecule has 1 aromatic carbocycles. The number of carbonyl (C=O) groups is 3. The summed E-state index contributed by atoms with van der Waals surface area (Å²) in [5.74, 6) is -2.25. The Bertz CT molecular complexity index is 672. The van der Waals surface area contributed by atoms with Gasteiger partial charge in [-0.3, -0.25) is 19.3 Å². The van der Waals surface area contributed by atoms with E-state index in [1.807, 2.05) is 0 Å². The molecule has 0 aliphatic carbocycles. The molecular weight excluding hydrogens is 328 g/mol. The van der Waals surface area contributed by atoms with Gasteiger partial charge in [0.05, 0.1) is 12.1 Å². The second-order valence-electron chi connectivity index (χ2n) is 5.82. The van der Waals surface area contributed by atoms with Gasteiger partial charge in [0.25, 0.3) is 0 Å². The summed E-state index contributed by atoms with van der Waals surface area (Å²) >= 11 is 0. The SMILES string of the molecule is CC(=O)N(c1ccc(O)cc1O)[C@@H](CC(N)=O)C(=O)N1CCNCC1. The van der Waals surface area contributed by atoms with Crippen molar-refractivity contribution in [2.75, 3.05) is 31.1 Å². The van der Waals surface area contributed by atoms with E-state index in [2.05, 4.69) is 5.32 Å². The number of aromatic hydroxyl groups is 2. The highest BCUT2D eigenvalue weighted by atomic mass is 16.3. The molecule has 9 heteroatoms. The van der Waals surface area contributed by atoms with Crippen molar-refractivity contribution >= 4 is 23.4 Å². The van der Waals surface area contributed by atoms with Gasteiger partial charge in [0.15, 0.2) is 0 Å². The van der Waals surface area contributed by atoms with Crippen LogP contribution in [-0.2, 0) is 14.4 Å². The molecule has 0 radical (unpaired) electrons. The first kappa shape index (κ1) is 18.5. The zero-order valence-electron chi connectivity index (χ0n) is 13.9. The fourth-order valence-corrected chi connectivity index (χ4v) is 2.85. The standard InChI is InChI=1S/C16H22N4O5/c1-10(21)20(12-3-2-11(22)8-14(12)23)13(9-15(17)24)16(25)19-6-4-18-5-7-19/h2-3,8,13,18,22-23H,4-7,9H2,1H3,(H2,17,24)/t13-/m0/s1. The van der Waals surface area contributed by atoms with Crippen LogP contribution in [0.25, 0.3) is 0 Å². The predicted molar refractivity (Wildman–Crippen MR) is 90.0 cm³/mol. The molecular formula is C16H22N4O5. The Kier molecular flexibility index (Phi) is 5.81. The van der Waals surface area contributed by atoms with Crippen LogP contribution in [0.1, 0.15) is 13.3 Å². The maximum absolute atomic E-state index is 12.9. The van der Waals surface area contributed by atoms with Crippen LogP contribution in [0.5, 0.6) is 11.5 Å². The summed E-state index contributed by atoms with van der Waals surface area (Å²) < 4.78 is 0. The third-order valence-electron chi connectivity index (χ3n) is 3.98. The van der Waals surface area contributed by atoms with E-state index in [0.29, 0.717) is 26.2 Å². The van der Waals surface area contributed by atoms with E-state index in [4.69, 9.17) is 5.73 Å². The van der Waals surface area contributed by atoms with Crippen LogP contribution in [0.3, 0.4) is 0 Å². The monoisotopic (exact) mass is 350 g/mol. The van der Waals surface area contributed by atoms with Crippen LogP contribution in [0.2, 0.25) is 0 Å². The highest BCUT2D eigenvalue weighted by molar-refractivity contribution is 6.02. The minimum absolute atomic E-state index is 0.0278. The van der Waals surface area contributed by atoms with Gasteiger partial charge in [-0.1, -0.05) is 0 Å². The van der Waals surface area contributed by atoms with Gasteiger partial charge in [-0.05, 0) is 12.1 Å². The lowest BCUT2D eigenvalue weighted by molar-refractivity contribution is -0.136. The molecule has 0 spiro atoms. The fraction of sp³-hybridized carbons (Fsp3) is 0.438. The number of piperazine rings is 1. The number of nitrogens with zero attached hydrogens (tertiary/aromatic N) is 2. The molecule has 9 nitrogen and oxygen atoms in total. The van der Waals surface area contributed by atoms with Crippen molar-refractivity contribution in [1.29, 1.82) is 0 Å². The van der Waals surface area contributed by atoms with Gasteiger partial charge in [0.2, 0.25) is 17.7 Å². The normalized spacial score (nSPS) is 15.5. The van der Waals surface area contributed by atoms with Gasteiger partial charge in [-0.2, -0.15) is 0 Å². The molecule has 2 rings (SSSR count). The molecule has 0 saturated carbocycles. The number of phenolic OH excluding ortho intramolecular Hbond substituents is 2. The summed E-state index contributed by atoms with van der Waals surface area (Å²) in [7, 11) is 0. The second-order valence-corrected chi connectivity index (χ2v) is 5.82. The van der Waals surface area contributed by atoms with Gasteiger partial charge in [-0.25, -0.2) is 0 Å². The van der Waals surface area contributed by atoms with E-state index < -0.39 is 23.8 Å². The zero-order chi connectivity index (χ0) is 18.6. The van der Waals surface area contributed by atoms with E-state index in [1.165, 1.54) is 19.1 Å². The van der Waals surface area contributed by atoms with Gasteiger partial charge in [0, 0.05) is 39.2 Å². The van der Waals surface area contributed by atoms with Gasteiger partial charge < -0.3 is 26.2 Å². The van der Waals surface area contributed by atoms with Crippen molar-refractivity contribution in [3.8, 4) is 11.5 Å². The smallest absolute Gasteiger partial charge is 0.246 e. The third kappa shape index (κ3) is 4.38. The quantitative estimate of drug-likeness (QED) is 0.545. The van der Waals surface area contributed by atoms with Gasteiger partial charge in [0.1, 0.15) is 17.5 Å². The van der Waals surface area contributed by atoms with Crippen LogP contribution in [0.15, 0.2) is 18.2 Å². The maximum Gasteiger partial charge on any atom is 0.246 e. The molecule has 1 aliphatic heterocycles. The van der Waals surface area contributed by atoms with Crippen molar-refractivity contribution in [1.82, 2.24) is 10.2 Å². The predicted octanol–water partition coefficient (Wildman–Crippen LogP) is -0.873. The van der Waals surface area contributed by atoms with E-state index in [9.17, 15) is 24.6 Å². The summed E-state index contributed by atoms with van der Waals surface area (Å²) in [5, 5.41) is 22.6. The average molecular weight is 350 g/mol. The van der Waals surface area contributed by atoms with Crippen LogP contribution < -0.4 is 16.0 Å². The lowest BCUT2D eigenvalue weighted by Gasteiger charge is -2.35. The van der Waals surface area contributed by atoms with Crippen LogP contribution in [0, 0.1) is 0 Å². The van der Waals surface area contributed by atoms with Crippen molar-refractivity contribution in [3.05, 3.63) is 18.2 Å². The second kappa shape index (κ2) is 7.84. The first-order valence-electron chi connectivity index (χ1n) is 7.91. The zero-order valence-corrected chi connectivity index (χ0v) is 13.9. The molecule has 1 aromatic rings. The molecule has 1 atom stereocenters. The highest BCUT2D eigenvalue weighted by Crippen LogP contribution is 2.33. The number of nitrogens with two attached hydrogens (primary N) is 1. The molecule has 1 saturated heterocycles. The molecule has 0 unspecified atom stereocenters. The van der Waals surface area contributed by atoms with Crippen LogP contribution in [0.4, 0.5) is 5.69 Å². The van der Waals surface area contributed by atoms with E-state index in [0.717, 1.165) is 11.0 Å². The Balaban J connectivity index is 2.41. The number of rotatable bonds is 5. The summed E-state index contributed by atoms with van der Waals surface area (Å²) in [6.45, 7) is 3.34. The summed E-state index contributed by atoms with van der Waals surface area (Å²) in [6, 6.07) is 2.48. The van der Waals surface area contributed by atoms with E-state index in [1.54, 1.807) is 4.90 Å². The third-order valence-corrected chi connectivity index (χ3v) is 3.98. The molecule has 0 bridgehead atoms. The van der Waals surface area contributed by atoms with Crippen molar-refractivity contribution in [2.24, 2.45) is 5.73 Å². The Morgan fingerprint density at radius 3 is 2.44 bits per heavy atom. The number of nitrogens with one attached hydrogen (secondary N) is 1. The largest absolute Gasteiger partial charge is 0.508 e. The lowest BCUT2D eigenvalue weighted by Crippen LogP contribution is -2.56. The molecule has 0 aromatic heterocycles. The lowest BCUT2D eigenvalue weighted by atomic mass is 10.1. The molecule has 1 fully saturated rings. The minimum Gasteiger partial charge on any atom is -0.508 e. The molecule has 25 heavy (non-hydrogen) atoms. The number of benzene rings is 1. The first-order valence-corrected chi connectivity index (χ1v) is 7.91. The van der Waals surface area contributed by atoms with E-state index >= 15 is 0 Å². The summed E-state index contributed by atoms with van der Waals surface area (Å²) in [6.07, 6.45) is -0.372. The van der Waals surface area contributed by atoms with Crippen molar-refractivity contribution in [2.45, 2.75) is 19.4 Å².